The molecule has 0 atom stereocenters. The second-order valence-corrected chi connectivity index (χ2v) is 8.67. The SMILES string of the molecule is Cc1ccc(P(c2ccc(C)cc2)c2ccsc2C)cc1. The van der Waals surface area contributed by atoms with E-state index < -0.39 is 7.92 Å². The lowest BCUT2D eigenvalue weighted by Crippen LogP contribution is -2.21. The van der Waals surface area contributed by atoms with E-state index in [4.69, 9.17) is 0 Å². The molecular formula is C19H19PS. The van der Waals surface area contributed by atoms with Gasteiger partial charge >= 0.3 is 0 Å². The zero-order valence-corrected chi connectivity index (χ0v) is 14.3. The summed E-state index contributed by atoms with van der Waals surface area (Å²) >= 11 is 1.84. The van der Waals surface area contributed by atoms with E-state index in [2.05, 4.69) is 80.7 Å². The molecule has 0 fully saturated rings. The highest BCUT2D eigenvalue weighted by molar-refractivity contribution is 7.80. The van der Waals surface area contributed by atoms with E-state index in [-0.39, 0.29) is 0 Å². The third-order valence-corrected chi connectivity index (χ3v) is 7.25. The number of aryl methyl sites for hydroxylation is 3. The van der Waals surface area contributed by atoms with Gasteiger partial charge in [0.25, 0.3) is 0 Å². The first-order valence-corrected chi connectivity index (χ1v) is 9.35. The lowest BCUT2D eigenvalue weighted by molar-refractivity contribution is 1.49. The average Bonchev–Trinajstić information content (AvgIpc) is 2.90. The molecule has 2 aromatic carbocycles. The summed E-state index contributed by atoms with van der Waals surface area (Å²) in [5.74, 6) is 0. The van der Waals surface area contributed by atoms with Crippen LogP contribution in [0.2, 0.25) is 0 Å². The van der Waals surface area contributed by atoms with Gasteiger partial charge in [-0.15, -0.1) is 11.3 Å². The van der Waals surface area contributed by atoms with Crippen molar-refractivity contribution in [1.82, 2.24) is 0 Å². The maximum absolute atomic E-state index is 2.30. The molecule has 0 N–H and O–H groups in total. The van der Waals surface area contributed by atoms with Gasteiger partial charge in [-0.25, -0.2) is 0 Å². The van der Waals surface area contributed by atoms with Gasteiger partial charge in [0.15, 0.2) is 0 Å². The molecule has 106 valence electrons. The molecule has 0 saturated heterocycles. The summed E-state index contributed by atoms with van der Waals surface area (Å²) in [6, 6.07) is 20.3. The van der Waals surface area contributed by atoms with E-state index >= 15 is 0 Å². The Balaban J connectivity index is 2.13. The first-order valence-electron chi connectivity index (χ1n) is 7.13. The summed E-state index contributed by atoms with van der Waals surface area (Å²) in [5, 5.41) is 6.56. The Kier molecular flexibility index (Phi) is 4.24. The van der Waals surface area contributed by atoms with Crippen molar-refractivity contribution in [3.05, 3.63) is 76.0 Å². The molecule has 0 saturated carbocycles. The zero-order valence-electron chi connectivity index (χ0n) is 12.6. The van der Waals surface area contributed by atoms with Crippen LogP contribution in [0.25, 0.3) is 0 Å². The molecule has 0 aliphatic rings. The predicted octanol–water partition coefficient (Wildman–Crippen LogP) is 4.43. The maximum Gasteiger partial charge on any atom is 0.00976 e. The molecular weight excluding hydrogens is 291 g/mol. The predicted molar refractivity (Wildman–Crippen MR) is 97.2 cm³/mol. The highest BCUT2D eigenvalue weighted by Gasteiger charge is 2.18. The van der Waals surface area contributed by atoms with Crippen LogP contribution in [0.15, 0.2) is 60.0 Å². The van der Waals surface area contributed by atoms with Crippen LogP contribution < -0.4 is 15.9 Å². The molecule has 0 radical (unpaired) electrons. The van der Waals surface area contributed by atoms with Crippen LogP contribution in [0.1, 0.15) is 16.0 Å². The third-order valence-electron chi connectivity index (χ3n) is 3.66. The molecule has 0 spiro atoms. The van der Waals surface area contributed by atoms with Crippen LogP contribution in [-0.2, 0) is 0 Å². The Morgan fingerprint density at radius 3 is 1.52 bits per heavy atom. The van der Waals surface area contributed by atoms with E-state index in [1.54, 1.807) is 0 Å². The fourth-order valence-corrected chi connectivity index (χ4v) is 5.84. The summed E-state index contributed by atoms with van der Waals surface area (Å²) in [5.41, 5.74) is 2.64. The first-order chi connectivity index (χ1) is 10.1. The van der Waals surface area contributed by atoms with Crippen LogP contribution >= 0.6 is 19.3 Å². The second kappa shape index (κ2) is 6.13. The largest absolute Gasteiger partial charge is 0.149 e. The summed E-state index contributed by atoms with van der Waals surface area (Å²) in [6.45, 7) is 6.53. The standard InChI is InChI=1S/C19H19PS/c1-14-4-8-17(9-5-14)20(19-12-13-21-16(19)3)18-10-6-15(2)7-11-18/h4-13H,1-3H3. The molecule has 1 aromatic heterocycles. The average molecular weight is 310 g/mol. The van der Waals surface area contributed by atoms with Crippen LogP contribution in [0.3, 0.4) is 0 Å². The molecule has 0 nitrogen and oxygen atoms in total. The van der Waals surface area contributed by atoms with Crippen molar-refractivity contribution in [2.45, 2.75) is 20.8 Å². The molecule has 0 aliphatic heterocycles. The monoisotopic (exact) mass is 310 g/mol. The molecule has 21 heavy (non-hydrogen) atoms. The molecule has 3 rings (SSSR count). The summed E-state index contributed by atoms with van der Waals surface area (Å²) < 4.78 is 0. The van der Waals surface area contributed by atoms with E-state index in [0.29, 0.717) is 0 Å². The Morgan fingerprint density at radius 2 is 1.14 bits per heavy atom. The Hall–Kier alpha value is -1.43. The zero-order chi connectivity index (χ0) is 14.8. The van der Waals surface area contributed by atoms with Crippen molar-refractivity contribution in [3.8, 4) is 0 Å². The lowest BCUT2D eigenvalue weighted by Gasteiger charge is -2.19. The number of thiophene rings is 1. The number of rotatable bonds is 3. The second-order valence-electron chi connectivity index (χ2n) is 5.37. The molecule has 1 heterocycles. The van der Waals surface area contributed by atoms with Crippen molar-refractivity contribution in [2.24, 2.45) is 0 Å². The minimum absolute atomic E-state index is 0.444. The Bertz CT molecular complexity index is 678. The van der Waals surface area contributed by atoms with Gasteiger partial charge in [0.05, 0.1) is 0 Å². The van der Waals surface area contributed by atoms with Gasteiger partial charge in [0.1, 0.15) is 0 Å². The van der Waals surface area contributed by atoms with Gasteiger partial charge < -0.3 is 0 Å². The van der Waals surface area contributed by atoms with Crippen molar-refractivity contribution in [3.63, 3.8) is 0 Å². The highest BCUT2D eigenvalue weighted by atomic mass is 32.1. The van der Waals surface area contributed by atoms with Gasteiger partial charge in [-0.1, -0.05) is 59.7 Å². The topological polar surface area (TPSA) is 0 Å². The van der Waals surface area contributed by atoms with Gasteiger partial charge in [-0.05, 0) is 56.1 Å². The smallest absolute Gasteiger partial charge is 0.00976 e. The minimum atomic E-state index is -0.444. The van der Waals surface area contributed by atoms with E-state index in [1.807, 2.05) is 11.3 Å². The fourth-order valence-electron chi connectivity index (χ4n) is 2.43. The van der Waals surface area contributed by atoms with E-state index in [0.717, 1.165) is 0 Å². The molecule has 0 bridgehead atoms. The summed E-state index contributed by atoms with van der Waals surface area (Å²) in [6.07, 6.45) is 0. The highest BCUT2D eigenvalue weighted by Crippen LogP contribution is 2.35. The van der Waals surface area contributed by atoms with Gasteiger partial charge in [0, 0.05) is 4.88 Å². The van der Waals surface area contributed by atoms with Crippen LogP contribution in [-0.4, -0.2) is 0 Å². The van der Waals surface area contributed by atoms with Crippen LogP contribution in [0.4, 0.5) is 0 Å². The quantitative estimate of drug-likeness (QED) is 0.628. The third kappa shape index (κ3) is 3.10. The van der Waals surface area contributed by atoms with Crippen molar-refractivity contribution >= 4 is 35.2 Å². The van der Waals surface area contributed by atoms with Crippen LogP contribution in [0, 0.1) is 20.8 Å². The van der Waals surface area contributed by atoms with Crippen molar-refractivity contribution in [1.29, 1.82) is 0 Å². The summed E-state index contributed by atoms with van der Waals surface area (Å²) in [4.78, 5) is 1.43. The van der Waals surface area contributed by atoms with Crippen molar-refractivity contribution in [2.75, 3.05) is 0 Å². The van der Waals surface area contributed by atoms with Gasteiger partial charge in [0.2, 0.25) is 0 Å². The molecule has 2 heteroatoms. The molecule has 3 aromatic rings. The van der Waals surface area contributed by atoms with Crippen molar-refractivity contribution < 1.29 is 0 Å². The summed E-state index contributed by atoms with van der Waals surface area (Å²) in [7, 11) is -0.444. The molecule has 0 unspecified atom stereocenters. The maximum atomic E-state index is 2.30. The van der Waals surface area contributed by atoms with Gasteiger partial charge in [-0.3, -0.25) is 0 Å². The first kappa shape index (κ1) is 14.5. The number of hydrogen-bond donors (Lipinski definition) is 0. The molecule has 0 aliphatic carbocycles. The fraction of sp³-hybridized carbons (Fsp3) is 0.158. The van der Waals surface area contributed by atoms with Crippen LogP contribution in [0.5, 0.6) is 0 Å². The van der Waals surface area contributed by atoms with E-state index in [9.17, 15) is 0 Å². The Morgan fingerprint density at radius 1 is 0.667 bits per heavy atom. The number of hydrogen-bond acceptors (Lipinski definition) is 1. The normalized spacial score (nSPS) is 11.0. The minimum Gasteiger partial charge on any atom is -0.149 e. The number of benzene rings is 2. The molecule has 0 amide bonds. The Labute approximate surface area is 132 Å². The van der Waals surface area contributed by atoms with Gasteiger partial charge in [-0.2, -0.15) is 0 Å². The van der Waals surface area contributed by atoms with E-state index in [1.165, 1.54) is 31.9 Å². The lowest BCUT2D eigenvalue weighted by atomic mass is 10.2.